The predicted octanol–water partition coefficient (Wildman–Crippen LogP) is 0.656. The van der Waals surface area contributed by atoms with Crippen LogP contribution < -0.4 is 10.6 Å². The van der Waals surface area contributed by atoms with Crippen LogP contribution in [0.2, 0.25) is 0 Å². The first kappa shape index (κ1) is 23.0. The van der Waals surface area contributed by atoms with E-state index in [0.29, 0.717) is 32.2 Å². The molecule has 2 amide bonds. The lowest BCUT2D eigenvalue weighted by Crippen LogP contribution is -2.52. The fourth-order valence-electron chi connectivity index (χ4n) is 2.42. The standard InChI is InChI=1S/C18H35N5O4/c1-7-27-17(25)23-10-8-14(9-11-23)21-16(19-12-15(24)22(4)5)20-13-18(2,3)26-6/h14H,7-13H2,1-6H3,(H2,19,20,21). The van der Waals surface area contributed by atoms with Gasteiger partial charge in [0.15, 0.2) is 5.96 Å². The van der Waals surface area contributed by atoms with E-state index >= 15 is 0 Å². The molecule has 9 heteroatoms. The highest BCUT2D eigenvalue weighted by molar-refractivity contribution is 5.85. The Morgan fingerprint density at radius 3 is 2.41 bits per heavy atom. The van der Waals surface area contributed by atoms with Crippen molar-refractivity contribution in [3.8, 4) is 0 Å². The van der Waals surface area contributed by atoms with Gasteiger partial charge in [0.25, 0.3) is 0 Å². The van der Waals surface area contributed by atoms with Gasteiger partial charge in [0.1, 0.15) is 6.54 Å². The van der Waals surface area contributed by atoms with Gasteiger partial charge in [-0.05, 0) is 33.6 Å². The Bertz CT molecular complexity index is 514. The van der Waals surface area contributed by atoms with E-state index < -0.39 is 0 Å². The summed E-state index contributed by atoms with van der Waals surface area (Å²) in [5.41, 5.74) is -0.360. The van der Waals surface area contributed by atoms with Crippen LogP contribution in [-0.4, -0.2) is 93.4 Å². The molecule has 0 aromatic rings. The van der Waals surface area contributed by atoms with Crippen molar-refractivity contribution in [3.05, 3.63) is 0 Å². The first-order valence-electron chi connectivity index (χ1n) is 9.40. The fraction of sp³-hybridized carbons (Fsp3) is 0.833. The molecule has 9 nitrogen and oxygen atoms in total. The van der Waals surface area contributed by atoms with Crippen molar-refractivity contribution in [3.63, 3.8) is 0 Å². The van der Waals surface area contributed by atoms with Gasteiger partial charge in [-0.2, -0.15) is 0 Å². The van der Waals surface area contributed by atoms with Crippen molar-refractivity contribution < 1.29 is 19.1 Å². The number of nitrogens with one attached hydrogen (secondary N) is 2. The highest BCUT2D eigenvalue weighted by atomic mass is 16.6. The molecule has 1 saturated heterocycles. The quantitative estimate of drug-likeness (QED) is 0.494. The lowest BCUT2D eigenvalue weighted by atomic mass is 10.1. The molecule has 0 aromatic heterocycles. The topological polar surface area (TPSA) is 95.5 Å². The number of likely N-dealkylation sites (N-methyl/N-ethyl adjacent to an activating group) is 1. The molecule has 1 aliphatic rings. The lowest BCUT2D eigenvalue weighted by Gasteiger charge is -2.33. The third-order valence-electron chi connectivity index (χ3n) is 4.47. The van der Waals surface area contributed by atoms with Gasteiger partial charge in [0, 0.05) is 46.9 Å². The highest BCUT2D eigenvalue weighted by Crippen LogP contribution is 2.12. The number of hydrogen-bond acceptors (Lipinski definition) is 5. The zero-order valence-electron chi connectivity index (χ0n) is 17.5. The van der Waals surface area contributed by atoms with Crippen LogP contribution in [0, 0.1) is 0 Å². The maximum atomic E-state index is 11.9. The molecular weight excluding hydrogens is 350 g/mol. The molecule has 0 saturated carbocycles. The number of hydrogen-bond donors (Lipinski definition) is 2. The van der Waals surface area contributed by atoms with Gasteiger partial charge in [-0.1, -0.05) is 0 Å². The van der Waals surface area contributed by atoms with E-state index in [1.807, 2.05) is 13.8 Å². The first-order chi connectivity index (χ1) is 12.7. The van der Waals surface area contributed by atoms with Crippen LogP contribution in [0.3, 0.4) is 0 Å². The molecule has 0 unspecified atom stereocenters. The minimum absolute atomic E-state index is 0.0669. The second kappa shape index (κ2) is 11.0. The van der Waals surface area contributed by atoms with Crippen molar-refractivity contribution >= 4 is 18.0 Å². The number of ether oxygens (including phenoxy) is 2. The molecule has 1 aliphatic heterocycles. The predicted molar refractivity (Wildman–Crippen MR) is 105 cm³/mol. The summed E-state index contributed by atoms with van der Waals surface area (Å²) in [5, 5.41) is 6.62. The van der Waals surface area contributed by atoms with Gasteiger partial charge in [-0.25, -0.2) is 9.79 Å². The van der Waals surface area contributed by atoms with E-state index in [-0.39, 0.29) is 30.2 Å². The Morgan fingerprint density at radius 1 is 1.26 bits per heavy atom. The Hall–Kier alpha value is -2.03. The SMILES string of the molecule is CCOC(=O)N1CCC(NC(=NCC(=O)N(C)C)NCC(C)(C)OC)CC1. The van der Waals surface area contributed by atoms with Crippen LogP contribution in [0.4, 0.5) is 4.79 Å². The molecular formula is C18H35N5O4. The van der Waals surface area contributed by atoms with Crippen molar-refractivity contribution in [2.75, 3.05) is 54.0 Å². The Morgan fingerprint density at radius 2 is 1.89 bits per heavy atom. The van der Waals surface area contributed by atoms with E-state index in [4.69, 9.17) is 9.47 Å². The average molecular weight is 386 g/mol. The van der Waals surface area contributed by atoms with Crippen LogP contribution in [0.5, 0.6) is 0 Å². The van der Waals surface area contributed by atoms with Crippen molar-refractivity contribution in [2.24, 2.45) is 4.99 Å². The number of amides is 2. The maximum Gasteiger partial charge on any atom is 0.409 e. The van der Waals surface area contributed by atoms with Gasteiger partial charge >= 0.3 is 6.09 Å². The molecule has 1 fully saturated rings. The molecule has 0 aromatic carbocycles. The molecule has 0 radical (unpaired) electrons. The monoisotopic (exact) mass is 385 g/mol. The molecule has 27 heavy (non-hydrogen) atoms. The second-order valence-electron chi connectivity index (χ2n) is 7.37. The van der Waals surface area contributed by atoms with Gasteiger partial charge in [-0.3, -0.25) is 4.79 Å². The number of rotatable bonds is 7. The van der Waals surface area contributed by atoms with Gasteiger partial charge < -0.3 is 29.9 Å². The number of methoxy groups -OCH3 is 1. The number of carbonyl (C=O) groups excluding carboxylic acids is 2. The molecule has 0 aliphatic carbocycles. The van der Waals surface area contributed by atoms with Crippen LogP contribution in [0.1, 0.15) is 33.6 Å². The van der Waals surface area contributed by atoms with E-state index in [9.17, 15) is 9.59 Å². The summed E-state index contributed by atoms with van der Waals surface area (Å²) in [4.78, 5) is 31.3. The third-order valence-corrected chi connectivity index (χ3v) is 4.47. The Kier molecular flexibility index (Phi) is 9.34. The molecule has 0 atom stereocenters. The summed E-state index contributed by atoms with van der Waals surface area (Å²) < 4.78 is 10.5. The van der Waals surface area contributed by atoms with Gasteiger partial charge in [0.05, 0.1) is 12.2 Å². The lowest BCUT2D eigenvalue weighted by molar-refractivity contribution is -0.127. The van der Waals surface area contributed by atoms with Gasteiger partial charge in [0.2, 0.25) is 5.91 Å². The van der Waals surface area contributed by atoms with Gasteiger partial charge in [-0.15, -0.1) is 0 Å². The zero-order valence-corrected chi connectivity index (χ0v) is 17.5. The smallest absolute Gasteiger partial charge is 0.409 e. The highest BCUT2D eigenvalue weighted by Gasteiger charge is 2.25. The largest absolute Gasteiger partial charge is 0.450 e. The van der Waals surface area contributed by atoms with Crippen molar-refractivity contribution in [1.82, 2.24) is 20.4 Å². The molecule has 1 rings (SSSR count). The Balaban J connectivity index is 2.64. The molecule has 0 bridgehead atoms. The molecule has 156 valence electrons. The van der Waals surface area contributed by atoms with E-state index in [1.165, 1.54) is 4.90 Å². The zero-order chi connectivity index (χ0) is 20.4. The minimum atomic E-state index is -0.360. The normalized spacial score (nSPS) is 16.1. The minimum Gasteiger partial charge on any atom is -0.450 e. The summed E-state index contributed by atoms with van der Waals surface area (Å²) in [6.07, 6.45) is 1.31. The maximum absolute atomic E-state index is 11.9. The molecule has 0 spiro atoms. The summed E-state index contributed by atoms with van der Waals surface area (Å²) in [6.45, 7) is 8.00. The number of likely N-dealkylation sites (tertiary alicyclic amines) is 1. The summed E-state index contributed by atoms with van der Waals surface area (Å²) in [7, 11) is 5.07. The summed E-state index contributed by atoms with van der Waals surface area (Å²) in [5.74, 6) is 0.504. The fourth-order valence-corrected chi connectivity index (χ4v) is 2.42. The van der Waals surface area contributed by atoms with E-state index in [1.54, 1.807) is 33.0 Å². The van der Waals surface area contributed by atoms with Crippen molar-refractivity contribution in [1.29, 1.82) is 0 Å². The van der Waals surface area contributed by atoms with Crippen LogP contribution in [-0.2, 0) is 14.3 Å². The average Bonchev–Trinajstić information content (AvgIpc) is 2.64. The number of guanidine groups is 1. The van der Waals surface area contributed by atoms with Crippen LogP contribution in [0.25, 0.3) is 0 Å². The number of nitrogens with zero attached hydrogens (tertiary/aromatic N) is 3. The number of aliphatic imine (C=N–C) groups is 1. The van der Waals surface area contributed by atoms with Crippen LogP contribution >= 0.6 is 0 Å². The summed E-state index contributed by atoms with van der Waals surface area (Å²) >= 11 is 0. The number of carbonyl (C=O) groups is 2. The molecule has 2 N–H and O–H groups in total. The number of piperidine rings is 1. The van der Waals surface area contributed by atoms with Crippen molar-refractivity contribution in [2.45, 2.75) is 45.3 Å². The third kappa shape index (κ3) is 8.47. The Labute approximate surface area is 162 Å². The van der Waals surface area contributed by atoms with E-state index in [0.717, 1.165) is 12.8 Å². The molecule has 1 heterocycles. The van der Waals surface area contributed by atoms with E-state index in [2.05, 4.69) is 15.6 Å². The second-order valence-corrected chi connectivity index (χ2v) is 7.37. The first-order valence-corrected chi connectivity index (χ1v) is 9.40. The summed E-state index contributed by atoms with van der Waals surface area (Å²) in [6, 6.07) is 0.169. The van der Waals surface area contributed by atoms with Crippen LogP contribution in [0.15, 0.2) is 4.99 Å².